The smallest absolute Gasteiger partial charge is 0.303 e. The van der Waals surface area contributed by atoms with Crippen molar-refractivity contribution >= 4 is 11.9 Å². The van der Waals surface area contributed by atoms with Gasteiger partial charge in [-0.25, -0.2) is 0 Å². The van der Waals surface area contributed by atoms with Gasteiger partial charge in [-0.3, -0.25) is 9.59 Å². The molecule has 1 amide bonds. The molecule has 20 heavy (non-hydrogen) atoms. The molecule has 122 valence electrons. The molecule has 5 N–H and O–H groups in total. The summed E-state index contributed by atoms with van der Waals surface area (Å²) in [4.78, 5) is 19.8. The number of aliphatic hydroxyl groups excluding tert-OH is 1. The van der Waals surface area contributed by atoms with Crippen molar-refractivity contribution < 1.29 is 19.8 Å². The van der Waals surface area contributed by atoms with Gasteiger partial charge >= 0.3 is 5.97 Å². The molecular formula is C14H32N2O4. The second-order valence-electron chi connectivity index (χ2n) is 5.06. The molecule has 0 bridgehead atoms. The van der Waals surface area contributed by atoms with Gasteiger partial charge in [0.1, 0.15) is 0 Å². The second kappa shape index (κ2) is 17.9. The Bertz CT molecular complexity index is 231. The van der Waals surface area contributed by atoms with E-state index in [1.807, 2.05) is 13.8 Å². The highest BCUT2D eigenvalue weighted by Crippen LogP contribution is 1.94. The summed E-state index contributed by atoms with van der Waals surface area (Å²) in [7, 11) is 0. The maximum atomic E-state index is 10.5. The average molecular weight is 292 g/mol. The minimum absolute atomic E-state index is 0.0799. The zero-order chi connectivity index (χ0) is 16.6. The van der Waals surface area contributed by atoms with Gasteiger partial charge in [-0.05, 0) is 18.3 Å². The lowest BCUT2D eigenvalue weighted by atomic mass is 10.2. The summed E-state index contributed by atoms with van der Waals surface area (Å²) in [6.45, 7) is 11.0. The van der Waals surface area contributed by atoms with Gasteiger partial charge in [-0.1, -0.05) is 34.6 Å². The quantitative estimate of drug-likeness (QED) is 0.588. The van der Waals surface area contributed by atoms with E-state index < -0.39 is 5.97 Å². The number of nitrogens with one attached hydrogen (secondary N) is 1. The zero-order valence-corrected chi connectivity index (χ0v) is 13.5. The highest BCUT2D eigenvalue weighted by Gasteiger charge is 1.96. The van der Waals surface area contributed by atoms with Crippen LogP contribution < -0.4 is 11.1 Å². The van der Waals surface area contributed by atoms with Crippen molar-refractivity contribution in [2.24, 2.45) is 17.6 Å². The van der Waals surface area contributed by atoms with Crippen LogP contribution in [0.2, 0.25) is 0 Å². The van der Waals surface area contributed by atoms with Crippen LogP contribution in [0.15, 0.2) is 0 Å². The van der Waals surface area contributed by atoms with Gasteiger partial charge in [0.25, 0.3) is 0 Å². The van der Waals surface area contributed by atoms with Crippen molar-refractivity contribution in [1.82, 2.24) is 5.32 Å². The number of aliphatic carboxylic acids is 1. The minimum atomic E-state index is -0.745. The van der Waals surface area contributed by atoms with Gasteiger partial charge < -0.3 is 21.3 Å². The number of hydrogen-bond donors (Lipinski definition) is 4. The average Bonchev–Trinajstić information content (AvgIpc) is 2.37. The minimum Gasteiger partial charge on any atom is -0.481 e. The lowest BCUT2D eigenvalue weighted by Crippen LogP contribution is -2.32. The third-order valence-electron chi connectivity index (χ3n) is 1.90. The normalized spacial score (nSPS) is 9.25. The van der Waals surface area contributed by atoms with Crippen molar-refractivity contribution in [2.75, 3.05) is 19.7 Å². The Morgan fingerprint density at radius 3 is 1.75 bits per heavy atom. The van der Waals surface area contributed by atoms with Gasteiger partial charge in [0.15, 0.2) is 0 Å². The van der Waals surface area contributed by atoms with Crippen molar-refractivity contribution in [3.8, 4) is 0 Å². The molecule has 0 aromatic carbocycles. The molecule has 0 unspecified atom stereocenters. The zero-order valence-electron chi connectivity index (χ0n) is 13.5. The van der Waals surface area contributed by atoms with Gasteiger partial charge in [-0.2, -0.15) is 0 Å². The van der Waals surface area contributed by atoms with Gasteiger partial charge in [0.2, 0.25) is 5.91 Å². The predicted molar refractivity (Wildman–Crippen MR) is 81.4 cm³/mol. The number of carbonyl (C=O) groups excluding carboxylic acids is 1. The van der Waals surface area contributed by atoms with E-state index in [-0.39, 0.29) is 18.9 Å². The molecule has 0 saturated carbocycles. The van der Waals surface area contributed by atoms with E-state index in [1.54, 1.807) is 6.92 Å². The third kappa shape index (κ3) is 36.0. The van der Waals surface area contributed by atoms with E-state index in [1.165, 1.54) is 0 Å². The molecule has 0 spiro atoms. The Morgan fingerprint density at radius 1 is 1.15 bits per heavy atom. The van der Waals surface area contributed by atoms with Crippen molar-refractivity contribution in [2.45, 2.75) is 47.5 Å². The molecule has 0 atom stereocenters. The van der Waals surface area contributed by atoms with Crippen LogP contribution in [-0.4, -0.2) is 41.8 Å². The Labute approximate surface area is 122 Å². The van der Waals surface area contributed by atoms with Crippen LogP contribution in [0.1, 0.15) is 47.5 Å². The van der Waals surface area contributed by atoms with E-state index in [0.717, 1.165) is 13.0 Å². The van der Waals surface area contributed by atoms with E-state index in [9.17, 15) is 9.59 Å². The summed E-state index contributed by atoms with van der Waals surface area (Å²) in [5.74, 6) is 0.323. The molecule has 0 aliphatic carbocycles. The van der Waals surface area contributed by atoms with E-state index >= 15 is 0 Å². The number of nitrogens with two attached hydrogens (primary N) is 1. The fourth-order valence-corrected chi connectivity index (χ4v) is 0.648. The van der Waals surface area contributed by atoms with Crippen LogP contribution in [0.4, 0.5) is 0 Å². The molecule has 0 saturated heterocycles. The van der Waals surface area contributed by atoms with Crippen molar-refractivity contribution in [3.05, 3.63) is 0 Å². The molecule has 0 aliphatic heterocycles. The number of amides is 1. The first kappa shape index (κ1) is 23.9. The summed E-state index contributed by atoms with van der Waals surface area (Å²) >= 11 is 0. The summed E-state index contributed by atoms with van der Waals surface area (Å²) in [5.41, 5.74) is 5.05. The van der Waals surface area contributed by atoms with Crippen molar-refractivity contribution in [1.29, 1.82) is 0 Å². The Kier molecular flexibility index (Phi) is 21.4. The fraction of sp³-hybridized carbons (Fsp3) is 0.857. The summed E-state index contributed by atoms with van der Waals surface area (Å²) < 4.78 is 0. The Balaban J connectivity index is -0.000000230. The molecule has 6 nitrogen and oxygen atoms in total. The number of carboxylic acids is 1. The fourth-order valence-electron chi connectivity index (χ4n) is 0.648. The molecule has 6 heteroatoms. The summed E-state index contributed by atoms with van der Waals surface area (Å²) in [6, 6.07) is 0. The van der Waals surface area contributed by atoms with Crippen molar-refractivity contribution in [3.63, 3.8) is 0 Å². The van der Waals surface area contributed by atoms with Crippen LogP contribution in [0.5, 0.6) is 0 Å². The third-order valence-corrected chi connectivity index (χ3v) is 1.90. The number of carbonyl (C=O) groups is 2. The second-order valence-corrected chi connectivity index (χ2v) is 5.06. The first-order valence-corrected chi connectivity index (χ1v) is 7.00. The molecule has 0 heterocycles. The highest BCUT2D eigenvalue weighted by atomic mass is 16.4. The van der Waals surface area contributed by atoms with E-state index in [2.05, 4.69) is 19.2 Å². The number of hydrogen-bond acceptors (Lipinski definition) is 4. The SMILES string of the molecule is CC(C)CCO.CC(C)CNC(=O)CN.CCC(=O)O. The number of carboxylic acid groups (broad SMARTS) is 1. The highest BCUT2D eigenvalue weighted by molar-refractivity contribution is 5.77. The molecular weight excluding hydrogens is 260 g/mol. The van der Waals surface area contributed by atoms with Gasteiger partial charge in [0.05, 0.1) is 6.54 Å². The van der Waals surface area contributed by atoms with Crippen LogP contribution in [-0.2, 0) is 9.59 Å². The first-order chi connectivity index (χ1) is 9.20. The lowest BCUT2D eigenvalue weighted by molar-refractivity contribution is -0.136. The molecule has 0 fully saturated rings. The number of aliphatic hydroxyl groups is 1. The first-order valence-electron chi connectivity index (χ1n) is 7.00. The molecule has 0 aliphatic rings. The largest absolute Gasteiger partial charge is 0.481 e. The van der Waals surface area contributed by atoms with Gasteiger partial charge in [-0.15, -0.1) is 0 Å². The Morgan fingerprint density at radius 2 is 1.60 bits per heavy atom. The van der Waals surface area contributed by atoms with Crippen LogP contribution >= 0.6 is 0 Å². The molecule has 0 radical (unpaired) electrons. The standard InChI is InChI=1S/C6H14N2O.C5H12O.C3H6O2/c1-5(2)4-8-6(9)3-7;1-5(2)3-4-6;1-2-3(4)5/h5H,3-4,7H2,1-2H3,(H,8,9);5-6H,3-4H2,1-2H3;2H2,1H3,(H,4,5). The molecule has 0 rings (SSSR count). The summed E-state index contributed by atoms with van der Waals surface area (Å²) in [5, 5.41) is 18.6. The topological polar surface area (TPSA) is 113 Å². The van der Waals surface area contributed by atoms with Gasteiger partial charge in [0, 0.05) is 19.6 Å². The van der Waals surface area contributed by atoms with E-state index in [4.69, 9.17) is 15.9 Å². The lowest BCUT2D eigenvalue weighted by Gasteiger charge is -2.04. The summed E-state index contributed by atoms with van der Waals surface area (Å²) in [6.07, 6.45) is 1.15. The van der Waals surface area contributed by atoms with Crippen LogP contribution in [0.25, 0.3) is 0 Å². The predicted octanol–water partition coefficient (Wildman–Crippen LogP) is 1.22. The Hall–Kier alpha value is -1.14. The maximum absolute atomic E-state index is 10.5. The molecule has 0 aromatic heterocycles. The number of rotatable bonds is 6. The molecule has 0 aromatic rings. The monoisotopic (exact) mass is 292 g/mol. The van der Waals surface area contributed by atoms with Crippen LogP contribution in [0, 0.1) is 11.8 Å². The van der Waals surface area contributed by atoms with E-state index in [0.29, 0.717) is 18.4 Å². The van der Waals surface area contributed by atoms with Crippen LogP contribution in [0.3, 0.4) is 0 Å². The maximum Gasteiger partial charge on any atom is 0.303 e.